The maximum absolute atomic E-state index is 13.0. The third-order valence-electron chi connectivity index (χ3n) is 4.28. The van der Waals surface area contributed by atoms with Crippen LogP contribution in [0.3, 0.4) is 0 Å². The molecule has 2 rings (SSSR count). The van der Waals surface area contributed by atoms with E-state index in [0.29, 0.717) is 11.3 Å². The third kappa shape index (κ3) is 4.56. The molecule has 0 aliphatic heterocycles. The van der Waals surface area contributed by atoms with Gasteiger partial charge in [0.15, 0.2) is 34.5 Å². The molecule has 0 unspecified atom stereocenters. The molecule has 0 amide bonds. The van der Waals surface area contributed by atoms with Gasteiger partial charge in [-0.3, -0.25) is 4.79 Å². The van der Waals surface area contributed by atoms with Crippen LogP contribution in [0.15, 0.2) is 35.2 Å². The fourth-order valence-corrected chi connectivity index (χ4v) is 4.69. The molecular weight excluding hydrogens is 574 g/mol. The van der Waals surface area contributed by atoms with Crippen molar-refractivity contribution < 1.29 is 12.6 Å². The van der Waals surface area contributed by atoms with E-state index in [1.54, 1.807) is 22.1 Å². The monoisotopic (exact) mass is 594 g/mol. The van der Waals surface area contributed by atoms with Gasteiger partial charge >= 0.3 is 0 Å². The molecule has 0 aromatic heterocycles. The number of hydrogen-bond donors (Lipinski definition) is 0. The first-order chi connectivity index (χ1) is 12.5. The van der Waals surface area contributed by atoms with Gasteiger partial charge in [-0.15, -0.1) is 0 Å². The van der Waals surface area contributed by atoms with Crippen molar-refractivity contribution in [3.63, 3.8) is 0 Å². The Bertz CT molecular complexity index is 799. The molecule has 0 saturated carbocycles. The molecule has 6 heteroatoms. The summed E-state index contributed by atoms with van der Waals surface area (Å²) in [5.74, 6) is 1.30. The Kier molecular flexibility index (Phi) is 8.28. The molecule has 2 aromatic carbocycles. The molecule has 0 fully saturated rings. The zero-order chi connectivity index (χ0) is 19.3. The number of halogens is 2. The number of methoxy groups -OCH3 is 1. The first-order valence-electron chi connectivity index (χ1n) is 8.08. The number of hydrogen-bond acceptors (Lipinski definition) is 4. The van der Waals surface area contributed by atoms with Crippen molar-refractivity contribution in [2.45, 2.75) is 32.1 Å². The molecule has 3 nitrogen and oxygen atoms in total. The lowest BCUT2D eigenvalue weighted by atomic mass is 9.91. The summed E-state index contributed by atoms with van der Waals surface area (Å²) < 4.78 is 11.1. The molecule has 138 valence electrons. The number of allylic oxidation sites excluding steroid dienone is 1. The van der Waals surface area contributed by atoms with E-state index in [-0.39, 0.29) is 5.78 Å². The summed E-state index contributed by atoms with van der Waals surface area (Å²) in [6.45, 7) is 5.94. The zero-order valence-electron chi connectivity index (χ0n) is 15.1. The summed E-state index contributed by atoms with van der Waals surface area (Å²) in [5, 5.41) is 0. The second-order valence-electron chi connectivity index (χ2n) is 5.74. The second-order valence-corrected chi connectivity index (χ2v) is 8.13. The van der Waals surface area contributed by atoms with Gasteiger partial charge < -0.3 is 7.80 Å². The van der Waals surface area contributed by atoms with Crippen molar-refractivity contribution in [2.24, 2.45) is 0 Å². The van der Waals surface area contributed by atoms with Crippen LogP contribution in [-0.4, -0.2) is 12.9 Å². The Morgan fingerprint density at radius 3 is 2.31 bits per heavy atom. The van der Waals surface area contributed by atoms with Gasteiger partial charge in [-0.2, -0.15) is 0 Å². The lowest BCUT2D eigenvalue weighted by Crippen LogP contribution is -2.08. The normalized spacial score (nSPS) is 11.0. The van der Waals surface area contributed by atoms with E-state index < -0.39 is 0 Å². The third-order valence-corrected chi connectivity index (χ3v) is 6.70. The van der Waals surface area contributed by atoms with Crippen molar-refractivity contribution in [3.8, 4) is 11.5 Å². The molecule has 0 bridgehead atoms. The van der Waals surface area contributed by atoms with Gasteiger partial charge in [-0.25, -0.2) is 0 Å². The summed E-state index contributed by atoms with van der Waals surface area (Å²) in [5.41, 5.74) is 4.41. The van der Waals surface area contributed by atoms with Crippen molar-refractivity contribution in [1.29, 1.82) is 0 Å². The summed E-state index contributed by atoms with van der Waals surface area (Å²) in [4.78, 5) is 14.2. The highest BCUT2D eigenvalue weighted by Crippen LogP contribution is 2.40. The summed E-state index contributed by atoms with van der Waals surface area (Å²) >= 11 is 4.08. The Hall–Kier alpha value is -0.740. The van der Waals surface area contributed by atoms with Gasteiger partial charge in [0.2, 0.25) is 0 Å². The predicted molar refractivity (Wildman–Crippen MR) is 126 cm³/mol. The largest absolute Gasteiger partial charge is 0.496 e. The van der Waals surface area contributed by atoms with Crippen LogP contribution in [-0.2, 0) is 6.42 Å². The zero-order valence-corrected chi connectivity index (χ0v) is 20.2. The van der Waals surface area contributed by atoms with E-state index in [2.05, 4.69) is 21.2 Å². The number of benzene rings is 2. The van der Waals surface area contributed by atoms with Crippen LogP contribution in [0.2, 0.25) is 0 Å². The molecule has 0 aliphatic carbocycles. The van der Waals surface area contributed by atoms with Gasteiger partial charge in [0.25, 0.3) is 0 Å². The predicted octanol–water partition coefficient (Wildman–Crippen LogP) is 6.94. The van der Waals surface area contributed by atoms with Crippen molar-refractivity contribution >= 4 is 65.0 Å². The van der Waals surface area contributed by atoms with Gasteiger partial charge in [-0.1, -0.05) is 34.1 Å². The number of carbonyl (C=O) groups is 1. The molecule has 0 spiro atoms. The fraction of sp³-hybridized carbons (Fsp3) is 0.250. The topological polar surface area (TPSA) is 35.5 Å². The van der Waals surface area contributed by atoms with E-state index in [1.165, 1.54) is 4.90 Å². The molecule has 2 aromatic rings. The maximum Gasteiger partial charge on any atom is 0.192 e. The van der Waals surface area contributed by atoms with E-state index in [1.807, 2.05) is 74.1 Å². The number of ketones is 1. The number of ether oxygens (including phenoxy) is 1. The van der Waals surface area contributed by atoms with Crippen molar-refractivity contribution in [3.05, 3.63) is 58.2 Å². The summed E-state index contributed by atoms with van der Waals surface area (Å²) in [6, 6.07) is 8.09. The summed E-state index contributed by atoms with van der Waals surface area (Å²) in [6.07, 6.45) is 4.19. The smallest absolute Gasteiger partial charge is 0.192 e. The van der Waals surface area contributed by atoms with Crippen LogP contribution in [0.1, 0.15) is 39.5 Å². The van der Waals surface area contributed by atoms with Crippen LogP contribution in [0, 0.1) is 13.8 Å². The molecule has 0 atom stereocenters. The minimum atomic E-state index is -0.0605. The van der Waals surface area contributed by atoms with E-state index in [4.69, 9.17) is 7.80 Å². The van der Waals surface area contributed by atoms with E-state index >= 15 is 0 Å². The molecule has 0 N–H and O–H groups in total. The fourth-order valence-electron chi connectivity index (χ4n) is 3.02. The number of rotatable bonds is 7. The SMILES string of the molecule is CCc1c(C)c(OC)c(C)c(OI)c1C(=O)/C=C/c1ccc(SI)cc1. The number of carbonyl (C=O) groups excluding carboxylic acids is 1. The lowest BCUT2D eigenvalue weighted by molar-refractivity contribution is 0.104. The highest BCUT2D eigenvalue weighted by atomic mass is 127. The quantitative estimate of drug-likeness (QED) is 0.198. The van der Waals surface area contributed by atoms with Gasteiger partial charge in [0, 0.05) is 31.7 Å². The molecule has 0 aliphatic rings. The summed E-state index contributed by atoms with van der Waals surface area (Å²) in [7, 11) is 3.31. The molecule has 0 heterocycles. The van der Waals surface area contributed by atoms with Crippen LogP contribution in [0.4, 0.5) is 0 Å². The van der Waals surface area contributed by atoms with Crippen LogP contribution in [0.25, 0.3) is 6.08 Å². The Labute approximate surface area is 185 Å². The Morgan fingerprint density at radius 2 is 1.81 bits per heavy atom. The van der Waals surface area contributed by atoms with Gasteiger partial charge in [0.1, 0.15) is 5.75 Å². The molecular formula is C20H20I2O3S. The first-order valence-corrected chi connectivity index (χ1v) is 12.3. The van der Waals surface area contributed by atoms with Gasteiger partial charge in [0.05, 0.1) is 12.7 Å². The molecule has 26 heavy (non-hydrogen) atoms. The van der Waals surface area contributed by atoms with E-state index in [0.717, 1.165) is 34.4 Å². The van der Waals surface area contributed by atoms with Crippen molar-refractivity contribution in [1.82, 2.24) is 0 Å². The molecule has 0 radical (unpaired) electrons. The molecule has 0 saturated heterocycles. The average Bonchev–Trinajstić information content (AvgIpc) is 2.66. The van der Waals surface area contributed by atoms with Crippen LogP contribution < -0.4 is 7.80 Å². The van der Waals surface area contributed by atoms with Crippen LogP contribution >= 0.6 is 53.1 Å². The van der Waals surface area contributed by atoms with Crippen LogP contribution in [0.5, 0.6) is 11.5 Å². The van der Waals surface area contributed by atoms with Crippen molar-refractivity contribution in [2.75, 3.05) is 7.11 Å². The first kappa shape index (κ1) is 21.6. The highest BCUT2D eigenvalue weighted by molar-refractivity contribution is 14.2. The highest BCUT2D eigenvalue weighted by Gasteiger charge is 2.24. The minimum Gasteiger partial charge on any atom is -0.496 e. The standard InChI is InChI=1S/C20H20I2O3S/c1-5-16-12(2)19(24-4)13(3)20(25-21)18(16)17(23)11-8-14-6-9-15(26-22)10-7-14/h6-11H,5H2,1-4H3/b11-8+. The minimum absolute atomic E-state index is 0.0605. The van der Waals surface area contributed by atoms with Gasteiger partial charge in [-0.05, 0) is 55.2 Å². The average molecular weight is 594 g/mol. The lowest BCUT2D eigenvalue weighted by Gasteiger charge is -2.19. The second kappa shape index (κ2) is 9.98. The Morgan fingerprint density at radius 1 is 1.15 bits per heavy atom. The Balaban J connectivity index is 2.48. The maximum atomic E-state index is 13.0. The van der Waals surface area contributed by atoms with E-state index in [9.17, 15) is 4.79 Å².